The first-order chi connectivity index (χ1) is 9.65. The highest BCUT2D eigenvalue weighted by molar-refractivity contribution is 5.61. The zero-order chi connectivity index (χ0) is 14.1. The smallest absolute Gasteiger partial charge is 0.220 e. The first-order valence-electron chi connectivity index (χ1n) is 6.49. The molecular formula is C16H16N4. The number of anilines is 1. The number of aromatic nitrogens is 3. The van der Waals surface area contributed by atoms with E-state index in [-0.39, 0.29) is 0 Å². The third kappa shape index (κ3) is 2.16. The molecule has 2 N–H and O–H groups in total. The van der Waals surface area contributed by atoms with Crippen molar-refractivity contribution < 1.29 is 0 Å². The van der Waals surface area contributed by atoms with Crippen molar-refractivity contribution in [3.05, 3.63) is 60.0 Å². The number of benzene rings is 1. The number of rotatable bonds is 2. The highest BCUT2D eigenvalue weighted by atomic mass is 15.0. The van der Waals surface area contributed by atoms with Gasteiger partial charge in [0.25, 0.3) is 0 Å². The minimum Gasteiger partial charge on any atom is -0.368 e. The van der Waals surface area contributed by atoms with E-state index in [0.717, 1.165) is 16.9 Å². The van der Waals surface area contributed by atoms with Crippen LogP contribution in [0.15, 0.2) is 48.7 Å². The molecule has 0 aliphatic carbocycles. The van der Waals surface area contributed by atoms with Crippen LogP contribution in [0.3, 0.4) is 0 Å². The molecule has 20 heavy (non-hydrogen) atoms. The van der Waals surface area contributed by atoms with Crippen molar-refractivity contribution in [2.75, 3.05) is 5.73 Å². The van der Waals surface area contributed by atoms with Crippen LogP contribution >= 0.6 is 0 Å². The normalized spacial score (nSPS) is 10.7. The van der Waals surface area contributed by atoms with E-state index in [1.165, 1.54) is 11.4 Å². The van der Waals surface area contributed by atoms with Gasteiger partial charge in [0.05, 0.1) is 5.69 Å². The van der Waals surface area contributed by atoms with Crippen molar-refractivity contribution >= 4 is 5.95 Å². The van der Waals surface area contributed by atoms with E-state index in [4.69, 9.17) is 5.73 Å². The first-order valence-corrected chi connectivity index (χ1v) is 6.49. The molecule has 3 rings (SSSR count). The van der Waals surface area contributed by atoms with Crippen molar-refractivity contribution in [2.24, 2.45) is 0 Å². The van der Waals surface area contributed by atoms with E-state index in [9.17, 15) is 0 Å². The summed E-state index contributed by atoms with van der Waals surface area (Å²) in [7, 11) is 0. The molecule has 0 atom stereocenters. The molecule has 0 saturated carbocycles. The van der Waals surface area contributed by atoms with Crippen molar-refractivity contribution in [2.45, 2.75) is 13.8 Å². The van der Waals surface area contributed by atoms with Crippen molar-refractivity contribution in [1.29, 1.82) is 0 Å². The number of nitrogens with two attached hydrogens (primary N) is 1. The van der Waals surface area contributed by atoms with Gasteiger partial charge in [-0.1, -0.05) is 12.1 Å². The Bertz CT molecular complexity index is 722. The quantitative estimate of drug-likeness (QED) is 0.773. The molecule has 0 radical (unpaired) electrons. The molecule has 0 bridgehead atoms. The first kappa shape index (κ1) is 12.4. The molecule has 2 heterocycles. The van der Waals surface area contributed by atoms with E-state index in [1.807, 2.05) is 6.07 Å². The van der Waals surface area contributed by atoms with Gasteiger partial charge >= 0.3 is 0 Å². The van der Waals surface area contributed by atoms with Gasteiger partial charge in [-0.15, -0.1) is 0 Å². The Kier molecular flexibility index (Phi) is 2.99. The Balaban J connectivity index is 2.00. The Morgan fingerprint density at radius 2 is 1.55 bits per heavy atom. The second-order valence-corrected chi connectivity index (χ2v) is 4.80. The van der Waals surface area contributed by atoms with Gasteiger partial charge < -0.3 is 10.3 Å². The van der Waals surface area contributed by atoms with Crippen molar-refractivity contribution in [3.8, 4) is 16.9 Å². The van der Waals surface area contributed by atoms with Gasteiger partial charge in [0.2, 0.25) is 5.95 Å². The summed E-state index contributed by atoms with van der Waals surface area (Å²) in [5, 5.41) is 0. The molecule has 3 aromatic rings. The van der Waals surface area contributed by atoms with Gasteiger partial charge in [-0.25, -0.2) is 9.97 Å². The molecule has 0 aliphatic rings. The molecule has 0 unspecified atom stereocenters. The molecular weight excluding hydrogens is 248 g/mol. The topological polar surface area (TPSA) is 56.7 Å². The lowest BCUT2D eigenvalue weighted by molar-refractivity contribution is 0.966. The maximum Gasteiger partial charge on any atom is 0.220 e. The van der Waals surface area contributed by atoms with Crippen LogP contribution in [0.1, 0.15) is 11.4 Å². The average Bonchev–Trinajstić information content (AvgIpc) is 2.78. The van der Waals surface area contributed by atoms with Crippen LogP contribution in [0, 0.1) is 13.8 Å². The van der Waals surface area contributed by atoms with Crippen LogP contribution in [-0.4, -0.2) is 14.5 Å². The van der Waals surface area contributed by atoms with E-state index in [0.29, 0.717) is 5.95 Å². The minimum absolute atomic E-state index is 0.295. The number of nitrogens with zero attached hydrogens (tertiary/aromatic N) is 3. The molecule has 0 aliphatic heterocycles. The summed E-state index contributed by atoms with van der Waals surface area (Å²) in [6.45, 7) is 4.21. The van der Waals surface area contributed by atoms with Crippen LogP contribution in [0.5, 0.6) is 0 Å². The number of hydrogen-bond donors (Lipinski definition) is 1. The predicted octanol–water partition coefficient (Wildman–Crippen LogP) is 3.13. The second-order valence-electron chi connectivity index (χ2n) is 4.80. The standard InChI is InChI=1S/C16H16N4/c1-11-3-4-12(2)20(11)14-7-5-13(6-8-14)15-9-10-18-16(17)19-15/h3-10H,1-2H3,(H2,17,18,19). The van der Waals surface area contributed by atoms with Crippen LogP contribution in [0.25, 0.3) is 16.9 Å². The van der Waals surface area contributed by atoms with Crippen LogP contribution in [0.2, 0.25) is 0 Å². The summed E-state index contributed by atoms with van der Waals surface area (Å²) in [5.74, 6) is 0.295. The van der Waals surface area contributed by atoms with Crippen LogP contribution < -0.4 is 5.73 Å². The monoisotopic (exact) mass is 264 g/mol. The Hall–Kier alpha value is -2.62. The molecule has 2 aromatic heterocycles. The maximum atomic E-state index is 5.62. The fraction of sp³-hybridized carbons (Fsp3) is 0.125. The lowest BCUT2D eigenvalue weighted by Gasteiger charge is -2.10. The fourth-order valence-electron chi connectivity index (χ4n) is 2.39. The van der Waals surface area contributed by atoms with Crippen LogP contribution in [-0.2, 0) is 0 Å². The van der Waals surface area contributed by atoms with Gasteiger partial charge in [0.1, 0.15) is 0 Å². The molecule has 4 nitrogen and oxygen atoms in total. The highest BCUT2D eigenvalue weighted by Gasteiger charge is 2.05. The Morgan fingerprint density at radius 1 is 0.900 bits per heavy atom. The van der Waals surface area contributed by atoms with Crippen LogP contribution in [0.4, 0.5) is 5.95 Å². The van der Waals surface area contributed by atoms with Gasteiger partial charge in [-0.2, -0.15) is 0 Å². The van der Waals surface area contributed by atoms with E-state index in [1.54, 1.807) is 6.20 Å². The summed E-state index contributed by atoms with van der Waals surface area (Å²) >= 11 is 0. The summed E-state index contributed by atoms with van der Waals surface area (Å²) in [6.07, 6.45) is 1.67. The zero-order valence-corrected chi connectivity index (χ0v) is 11.5. The number of aryl methyl sites for hydroxylation is 2. The van der Waals surface area contributed by atoms with Crippen molar-refractivity contribution in [1.82, 2.24) is 14.5 Å². The molecule has 0 fully saturated rings. The lowest BCUT2D eigenvalue weighted by atomic mass is 10.1. The molecule has 1 aromatic carbocycles. The van der Waals surface area contributed by atoms with E-state index in [2.05, 4.69) is 64.8 Å². The Morgan fingerprint density at radius 3 is 2.15 bits per heavy atom. The average molecular weight is 264 g/mol. The van der Waals surface area contributed by atoms with Gasteiger partial charge in [0.15, 0.2) is 0 Å². The highest BCUT2D eigenvalue weighted by Crippen LogP contribution is 2.21. The molecule has 0 amide bonds. The summed E-state index contributed by atoms with van der Waals surface area (Å²) in [6, 6.07) is 14.4. The summed E-state index contributed by atoms with van der Waals surface area (Å²) < 4.78 is 2.22. The lowest BCUT2D eigenvalue weighted by Crippen LogP contribution is -1.99. The third-order valence-corrected chi connectivity index (χ3v) is 3.37. The number of hydrogen-bond acceptors (Lipinski definition) is 3. The van der Waals surface area contributed by atoms with E-state index < -0.39 is 0 Å². The summed E-state index contributed by atoms with van der Waals surface area (Å²) in [5.41, 5.74) is 11.1. The third-order valence-electron chi connectivity index (χ3n) is 3.37. The maximum absolute atomic E-state index is 5.62. The molecule has 0 spiro atoms. The van der Waals surface area contributed by atoms with Gasteiger partial charge in [0, 0.05) is 28.8 Å². The van der Waals surface area contributed by atoms with Gasteiger partial charge in [-0.05, 0) is 44.2 Å². The fourth-order valence-corrected chi connectivity index (χ4v) is 2.39. The number of nitrogen functional groups attached to an aromatic ring is 1. The van der Waals surface area contributed by atoms with Crippen molar-refractivity contribution in [3.63, 3.8) is 0 Å². The molecule has 100 valence electrons. The largest absolute Gasteiger partial charge is 0.368 e. The second kappa shape index (κ2) is 4.81. The SMILES string of the molecule is Cc1ccc(C)n1-c1ccc(-c2ccnc(N)n2)cc1. The van der Waals surface area contributed by atoms with Gasteiger partial charge in [-0.3, -0.25) is 0 Å². The zero-order valence-electron chi connectivity index (χ0n) is 11.5. The predicted molar refractivity (Wildman–Crippen MR) is 80.7 cm³/mol. The molecule has 0 saturated heterocycles. The molecule has 4 heteroatoms. The Labute approximate surface area is 117 Å². The van der Waals surface area contributed by atoms with E-state index >= 15 is 0 Å². The minimum atomic E-state index is 0.295. The summed E-state index contributed by atoms with van der Waals surface area (Å²) in [4.78, 5) is 8.14.